The fourth-order valence-corrected chi connectivity index (χ4v) is 4.13. The first-order valence-corrected chi connectivity index (χ1v) is 8.29. The maximum Gasteiger partial charge on any atom is 0.245 e. The molecule has 0 aromatic rings. The van der Waals surface area contributed by atoms with Crippen LogP contribution >= 0.6 is 0 Å². The number of carbonyl (C=O) groups is 3. The Morgan fingerprint density at radius 3 is 2.32 bits per heavy atom. The monoisotopic (exact) mass is 308 g/mol. The van der Waals surface area contributed by atoms with Crippen LogP contribution in [0.1, 0.15) is 54.4 Å². The average Bonchev–Trinajstić information content (AvgIpc) is 2.64. The van der Waals surface area contributed by atoms with Crippen molar-refractivity contribution in [3.8, 4) is 0 Å². The molecule has 22 heavy (non-hydrogen) atoms. The van der Waals surface area contributed by atoms with Crippen molar-refractivity contribution >= 4 is 17.7 Å². The molecule has 1 aliphatic heterocycles. The van der Waals surface area contributed by atoms with Crippen LogP contribution in [0.5, 0.6) is 0 Å². The van der Waals surface area contributed by atoms with Crippen LogP contribution in [0.25, 0.3) is 0 Å². The van der Waals surface area contributed by atoms with Crippen LogP contribution in [0.2, 0.25) is 0 Å². The van der Waals surface area contributed by atoms with Crippen molar-refractivity contribution in [1.82, 2.24) is 9.80 Å². The number of hydrogen-bond acceptors (Lipinski definition) is 3. The Kier molecular flexibility index (Phi) is 4.13. The second-order valence-corrected chi connectivity index (χ2v) is 7.34. The Morgan fingerprint density at radius 1 is 1.27 bits per heavy atom. The van der Waals surface area contributed by atoms with E-state index in [9.17, 15) is 14.4 Å². The molecule has 3 amide bonds. The molecule has 0 spiro atoms. The van der Waals surface area contributed by atoms with Crippen LogP contribution in [0.4, 0.5) is 0 Å². The van der Waals surface area contributed by atoms with Gasteiger partial charge in [-0.05, 0) is 39.0 Å². The number of piperidine rings is 1. The predicted octanol–water partition coefficient (Wildman–Crippen LogP) is 2.05. The summed E-state index contributed by atoms with van der Waals surface area (Å²) in [6.45, 7) is 12.6. The Morgan fingerprint density at radius 2 is 1.82 bits per heavy atom. The first-order valence-electron chi connectivity index (χ1n) is 8.29. The van der Waals surface area contributed by atoms with Gasteiger partial charge in [0.15, 0.2) is 0 Å². The lowest BCUT2D eigenvalue weighted by molar-refractivity contribution is -0.173. The lowest BCUT2D eigenvalue weighted by Crippen LogP contribution is -2.63. The van der Waals surface area contributed by atoms with Crippen molar-refractivity contribution in [2.45, 2.75) is 60.4 Å². The van der Waals surface area contributed by atoms with E-state index in [1.54, 1.807) is 11.8 Å². The quantitative estimate of drug-likeness (QED) is 0.747. The number of fused-ring (bicyclic) bond motifs is 2. The summed E-state index contributed by atoms with van der Waals surface area (Å²) in [5.74, 6) is -0.654. The number of hydrogen-bond donors (Lipinski definition) is 0. The Bertz CT molecular complexity index is 510. The van der Waals surface area contributed by atoms with E-state index in [1.807, 2.05) is 34.6 Å². The first-order chi connectivity index (χ1) is 10.1. The molecule has 3 atom stereocenters. The molecule has 1 saturated heterocycles. The smallest absolute Gasteiger partial charge is 0.245 e. The minimum atomic E-state index is -0.712. The third-order valence-electron chi connectivity index (χ3n) is 6.27. The molecular weight excluding hydrogens is 280 g/mol. The number of likely N-dealkylation sites (tertiary alicyclic amines) is 1. The van der Waals surface area contributed by atoms with Crippen molar-refractivity contribution in [1.29, 1.82) is 0 Å². The molecule has 5 nitrogen and oxygen atoms in total. The van der Waals surface area contributed by atoms with Crippen molar-refractivity contribution in [3.63, 3.8) is 0 Å². The third kappa shape index (κ3) is 2.01. The minimum absolute atomic E-state index is 0.144. The standard InChI is InChI=1S/C17H28N2O3/c1-7-18(8-2)13(20)11(3)19-14(21)12-9-10-17(6,15(19)22)16(12,4)5/h11-12H,7-10H2,1-6H3. The van der Waals surface area contributed by atoms with Crippen LogP contribution in [-0.4, -0.2) is 46.7 Å². The highest BCUT2D eigenvalue weighted by Gasteiger charge is 2.65. The van der Waals surface area contributed by atoms with Crippen LogP contribution < -0.4 is 0 Å². The molecule has 2 rings (SSSR count). The Hall–Kier alpha value is -1.39. The fraction of sp³-hybridized carbons (Fsp3) is 0.824. The van der Waals surface area contributed by atoms with Gasteiger partial charge in [-0.25, -0.2) is 0 Å². The summed E-state index contributed by atoms with van der Waals surface area (Å²) < 4.78 is 0. The number of nitrogens with zero attached hydrogens (tertiary/aromatic N) is 2. The van der Waals surface area contributed by atoms with Crippen LogP contribution in [0.15, 0.2) is 0 Å². The topological polar surface area (TPSA) is 57.7 Å². The molecular formula is C17H28N2O3. The van der Waals surface area contributed by atoms with E-state index in [-0.39, 0.29) is 29.1 Å². The SMILES string of the molecule is CCN(CC)C(=O)C(C)N1C(=O)C2CCC(C)(C1=O)C2(C)C. The zero-order valence-corrected chi connectivity index (χ0v) is 14.6. The van der Waals surface area contributed by atoms with E-state index in [0.717, 1.165) is 12.8 Å². The van der Waals surface area contributed by atoms with Crippen LogP contribution in [0, 0.1) is 16.7 Å². The zero-order chi connectivity index (χ0) is 16.9. The maximum absolute atomic E-state index is 13.0. The number of carbonyl (C=O) groups excluding carboxylic acids is 3. The number of imide groups is 1. The Balaban J connectivity index is 2.36. The Labute approximate surface area is 133 Å². The summed E-state index contributed by atoms with van der Waals surface area (Å²) in [5.41, 5.74) is -0.890. The van der Waals surface area contributed by atoms with Crippen molar-refractivity contribution in [2.24, 2.45) is 16.7 Å². The molecule has 0 aromatic carbocycles. The second kappa shape index (κ2) is 5.36. The van der Waals surface area contributed by atoms with Gasteiger partial charge in [0.2, 0.25) is 17.7 Å². The van der Waals surface area contributed by atoms with Crippen molar-refractivity contribution in [2.75, 3.05) is 13.1 Å². The molecule has 0 radical (unpaired) electrons. The molecule has 5 heteroatoms. The van der Waals surface area contributed by atoms with Crippen LogP contribution in [0.3, 0.4) is 0 Å². The van der Waals surface area contributed by atoms with E-state index in [1.165, 1.54) is 4.90 Å². The van der Waals surface area contributed by atoms with Crippen molar-refractivity contribution < 1.29 is 14.4 Å². The predicted molar refractivity (Wildman–Crippen MR) is 83.9 cm³/mol. The molecule has 0 N–H and O–H groups in total. The third-order valence-corrected chi connectivity index (χ3v) is 6.27. The summed E-state index contributed by atoms with van der Waals surface area (Å²) in [6.07, 6.45) is 1.45. The summed E-state index contributed by atoms with van der Waals surface area (Å²) in [4.78, 5) is 41.3. The summed E-state index contributed by atoms with van der Waals surface area (Å²) >= 11 is 0. The minimum Gasteiger partial charge on any atom is -0.341 e. The van der Waals surface area contributed by atoms with Gasteiger partial charge in [-0.15, -0.1) is 0 Å². The molecule has 3 unspecified atom stereocenters. The molecule has 1 heterocycles. The molecule has 2 fully saturated rings. The lowest BCUT2D eigenvalue weighted by atomic mass is 9.62. The largest absolute Gasteiger partial charge is 0.341 e. The number of amides is 3. The van der Waals surface area contributed by atoms with Gasteiger partial charge in [0.25, 0.3) is 0 Å². The van der Waals surface area contributed by atoms with E-state index < -0.39 is 11.5 Å². The van der Waals surface area contributed by atoms with Gasteiger partial charge in [0.1, 0.15) is 6.04 Å². The van der Waals surface area contributed by atoms with E-state index in [4.69, 9.17) is 0 Å². The summed E-state index contributed by atoms with van der Waals surface area (Å²) in [6, 6.07) is -0.712. The zero-order valence-electron chi connectivity index (χ0n) is 14.6. The number of likely N-dealkylation sites (N-methyl/N-ethyl adjacent to an activating group) is 1. The molecule has 1 saturated carbocycles. The molecule has 124 valence electrons. The van der Waals surface area contributed by atoms with Crippen molar-refractivity contribution in [3.05, 3.63) is 0 Å². The number of rotatable bonds is 4. The van der Waals surface area contributed by atoms with Gasteiger partial charge in [0.05, 0.1) is 5.41 Å². The highest BCUT2D eigenvalue weighted by atomic mass is 16.2. The summed E-state index contributed by atoms with van der Waals surface area (Å²) in [7, 11) is 0. The lowest BCUT2D eigenvalue weighted by Gasteiger charge is -2.49. The second-order valence-electron chi connectivity index (χ2n) is 7.34. The molecule has 0 aromatic heterocycles. The maximum atomic E-state index is 13.0. The van der Waals surface area contributed by atoms with Crippen LogP contribution in [-0.2, 0) is 14.4 Å². The normalized spacial score (nSPS) is 31.4. The van der Waals surface area contributed by atoms with Gasteiger partial charge in [-0.3, -0.25) is 19.3 Å². The fourth-order valence-electron chi connectivity index (χ4n) is 4.13. The van der Waals surface area contributed by atoms with Gasteiger partial charge in [-0.2, -0.15) is 0 Å². The average molecular weight is 308 g/mol. The first kappa shape index (κ1) is 17.0. The van der Waals surface area contributed by atoms with Gasteiger partial charge in [-0.1, -0.05) is 20.8 Å². The van der Waals surface area contributed by atoms with E-state index >= 15 is 0 Å². The summed E-state index contributed by atoms with van der Waals surface area (Å²) in [5, 5.41) is 0. The van der Waals surface area contributed by atoms with E-state index in [0.29, 0.717) is 13.1 Å². The van der Waals surface area contributed by atoms with Gasteiger partial charge >= 0.3 is 0 Å². The van der Waals surface area contributed by atoms with Gasteiger partial charge < -0.3 is 4.90 Å². The molecule has 2 aliphatic rings. The highest BCUT2D eigenvalue weighted by molar-refractivity contribution is 6.07. The molecule has 2 bridgehead atoms. The van der Waals surface area contributed by atoms with Gasteiger partial charge in [0, 0.05) is 19.0 Å². The highest BCUT2D eigenvalue weighted by Crippen LogP contribution is 2.60. The molecule has 1 aliphatic carbocycles. The van der Waals surface area contributed by atoms with E-state index in [2.05, 4.69) is 0 Å².